The Kier molecular flexibility index (Phi) is 4.86. The lowest BCUT2D eigenvalue weighted by atomic mass is 9.96. The second-order valence-electron chi connectivity index (χ2n) is 5.44. The van der Waals surface area contributed by atoms with Gasteiger partial charge in [-0.15, -0.1) is 0 Å². The number of rotatable bonds is 3. The third-order valence-corrected chi connectivity index (χ3v) is 4.02. The molecule has 1 aliphatic heterocycles. The summed E-state index contributed by atoms with van der Waals surface area (Å²) in [5.41, 5.74) is 0.613. The van der Waals surface area contributed by atoms with Crippen molar-refractivity contribution in [2.24, 2.45) is 0 Å². The van der Waals surface area contributed by atoms with Crippen LogP contribution in [0.4, 0.5) is 5.82 Å². The third-order valence-electron chi connectivity index (χ3n) is 3.83. The Hall–Kier alpha value is -1.29. The van der Waals surface area contributed by atoms with Crippen LogP contribution in [0.1, 0.15) is 50.4 Å². The van der Waals surface area contributed by atoms with Crippen LogP contribution in [0.3, 0.4) is 0 Å². The number of carbonyl (C=O) groups excluding carboxylic acids is 1. The summed E-state index contributed by atoms with van der Waals surface area (Å²) in [7, 11) is 0. The van der Waals surface area contributed by atoms with Crippen molar-refractivity contribution in [3.63, 3.8) is 0 Å². The molecule has 1 N–H and O–H groups in total. The van der Waals surface area contributed by atoms with E-state index in [1.165, 1.54) is 6.42 Å². The van der Waals surface area contributed by atoms with Crippen LogP contribution in [-0.4, -0.2) is 34.4 Å². The van der Waals surface area contributed by atoms with E-state index in [0.29, 0.717) is 16.5 Å². The molecule has 0 aliphatic carbocycles. The number of halogens is 1. The molecule has 2 rings (SSSR count). The van der Waals surface area contributed by atoms with Gasteiger partial charge in [0.1, 0.15) is 11.0 Å². The molecule has 1 aliphatic rings. The van der Waals surface area contributed by atoms with E-state index < -0.39 is 0 Å². The van der Waals surface area contributed by atoms with Crippen LogP contribution in [0, 0.1) is 0 Å². The number of nitrogens with one attached hydrogen (secondary N) is 1. The molecule has 2 unspecified atom stereocenters. The van der Waals surface area contributed by atoms with Crippen molar-refractivity contribution in [2.75, 3.05) is 11.9 Å². The molecule has 0 saturated carbocycles. The molecule has 1 aromatic rings. The van der Waals surface area contributed by atoms with E-state index in [0.717, 1.165) is 19.4 Å². The second-order valence-corrected chi connectivity index (χ2v) is 5.82. The highest BCUT2D eigenvalue weighted by Crippen LogP contribution is 2.26. The monoisotopic (exact) mass is 295 g/mol. The van der Waals surface area contributed by atoms with Crippen molar-refractivity contribution in [1.29, 1.82) is 0 Å². The number of piperidine rings is 1. The maximum Gasteiger partial charge on any atom is 0.254 e. The summed E-state index contributed by atoms with van der Waals surface area (Å²) in [5.74, 6) is 0.703. The first-order chi connectivity index (χ1) is 9.52. The van der Waals surface area contributed by atoms with E-state index in [-0.39, 0.29) is 18.0 Å². The van der Waals surface area contributed by atoms with Crippen molar-refractivity contribution in [1.82, 2.24) is 9.88 Å². The molecule has 2 atom stereocenters. The van der Waals surface area contributed by atoms with Crippen molar-refractivity contribution >= 4 is 23.3 Å². The number of amides is 1. The number of likely N-dealkylation sites (tertiary alicyclic amines) is 1. The van der Waals surface area contributed by atoms with Gasteiger partial charge in [-0.05, 0) is 52.2 Å². The third kappa shape index (κ3) is 3.23. The first kappa shape index (κ1) is 15.1. The summed E-state index contributed by atoms with van der Waals surface area (Å²) in [6, 6.07) is 3.99. The first-order valence-electron chi connectivity index (χ1n) is 7.27. The number of pyridine rings is 1. The largest absolute Gasteiger partial charge is 0.370 e. The summed E-state index contributed by atoms with van der Waals surface area (Å²) >= 11 is 6.02. The maximum atomic E-state index is 12.7. The lowest BCUT2D eigenvalue weighted by Gasteiger charge is -2.39. The van der Waals surface area contributed by atoms with Crippen molar-refractivity contribution in [3.05, 3.63) is 22.8 Å². The zero-order valence-corrected chi connectivity index (χ0v) is 13.1. The van der Waals surface area contributed by atoms with E-state index in [1.807, 2.05) is 11.8 Å². The van der Waals surface area contributed by atoms with E-state index in [4.69, 9.17) is 11.6 Å². The number of anilines is 1. The van der Waals surface area contributed by atoms with Gasteiger partial charge in [0.25, 0.3) is 5.91 Å². The fourth-order valence-electron chi connectivity index (χ4n) is 2.86. The molecular weight excluding hydrogens is 274 g/mol. The van der Waals surface area contributed by atoms with Crippen molar-refractivity contribution in [2.45, 2.75) is 52.1 Å². The summed E-state index contributed by atoms with van der Waals surface area (Å²) in [6.07, 6.45) is 3.32. The van der Waals surface area contributed by atoms with E-state index in [1.54, 1.807) is 12.1 Å². The Morgan fingerprint density at radius 1 is 1.40 bits per heavy atom. The van der Waals surface area contributed by atoms with Crippen LogP contribution in [0.25, 0.3) is 0 Å². The minimum Gasteiger partial charge on any atom is -0.370 e. The Labute approximate surface area is 125 Å². The van der Waals surface area contributed by atoms with Gasteiger partial charge >= 0.3 is 0 Å². The lowest BCUT2D eigenvalue weighted by Crippen LogP contribution is -2.47. The number of hydrogen-bond acceptors (Lipinski definition) is 3. The van der Waals surface area contributed by atoms with Crippen LogP contribution in [-0.2, 0) is 0 Å². The van der Waals surface area contributed by atoms with Crippen LogP contribution in [0.2, 0.25) is 5.15 Å². The van der Waals surface area contributed by atoms with Gasteiger partial charge in [0.15, 0.2) is 0 Å². The van der Waals surface area contributed by atoms with Crippen LogP contribution in [0.15, 0.2) is 12.1 Å². The number of nitrogens with zero attached hydrogens (tertiary/aromatic N) is 2. The van der Waals surface area contributed by atoms with Gasteiger partial charge in [-0.2, -0.15) is 0 Å². The molecule has 1 fully saturated rings. The molecule has 2 heterocycles. The smallest absolute Gasteiger partial charge is 0.254 e. The van der Waals surface area contributed by atoms with E-state index >= 15 is 0 Å². The van der Waals surface area contributed by atoms with E-state index in [9.17, 15) is 4.79 Å². The molecule has 1 aromatic heterocycles. The maximum absolute atomic E-state index is 12.7. The second kappa shape index (κ2) is 6.44. The number of hydrogen-bond donors (Lipinski definition) is 1. The fraction of sp³-hybridized carbons (Fsp3) is 0.600. The molecule has 0 aromatic carbocycles. The molecule has 0 bridgehead atoms. The fourth-order valence-corrected chi connectivity index (χ4v) is 3.07. The van der Waals surface area contributed by atoms with Gasteiger partial charge in [0.2, 0.25) is 0 Å². The van der Waals surface area contributed by atoms with Gasteiger partial charge in [-0.1, -0.05) is 11.6 Å². The molecule has 5 heteroatoms. The highest BCUT2D eigenvalue weighted by molar-refractivity contribution is 6.29. The highest BCUT2D eigenvalue weighted by atomic mass is 35.5. The SMILES string of the molecule is CCNc1cc(C(=O)N2C(C)CCCC2C)cc(Cl)n1. The van der Waals surface area contributed by atoms with Gasteiger partial charge in [0, 0.05) is 24.2 Å². The topological polar surface area (TPSA) is 45.2 Å². The number of carbonyl (C=O) groups is 1. The quantitative estimate of drug-likeness (QED) is 0.867. The van der Waals surface area contributed by atoms with Crippen molar-refractivity contribution in [3.8, 4) is 0 Å². The zero-order chi connectivity index (χ0) is 14.7. The summed E-state index contributed by atoms with van der Waals surface area (Å²) in [5, 5.41) is 3.45. The molecule has 1 amide bonds. The van der Waals surface area contributed by atoms with Crippen LogP contribution >= 0.6 is 11.6 Å². The molecule has 20 heavy (non-hydrogen) atoms. The Morgan fingerprint density at radius 2 is 2.05 bits per heavy atom. The normalized spacial score (nSPS) is 22.7. The lowest BCUT2D eigenvalue weighted by molar-refractivity contribution is 0.0510. The highest BCUT2D eigenvalue weighted by Gasteiger charge is 2.29. The minimum absolute atomic E-state index is 0.0492. The zero-order valence-electron chi connectivity index (χ0n) is 12.3. The average Bonchev–Trinajstić information content (AvgIpc) is 2.38. The number of aromatic nitrogens is 1. The minimum atomic E-state index is 0.0492. The molecular formula is C15H22ClN3O. The van der Waals surface area contributed by atoms with Crippen LogP contribution in [0.5, 0.6) is 0 Å². The molecule has 110 valence electrons. The summed E-state index contributed by atoms with van der Waals surface area (Å²) in [6.45, 7) is 6.96. The summed E-state index contributed by atoms with van der Waals surface area (Å²) in [4.78, 5) is 18.9. The van der Waals surface area contributed by atoms with E-state index in [2.05, 4.69) is 24.1 Å². The van der Waals surface area contributed by atoms with Gasteiger partial charge in [0.05, 0.1) is 0 Å². The molecule has 0 radical (unpaired) electrons. The first-order valence-corrected chi connectivity index (χ1v) is 7.64. The van der Waals surface area contributed by atoms with Gasteiger partial charge in [-0.25, -0.2) is 4.98 Å². The standard InChI is InChI=1S/C15H22ClN3O/c1-4-17-14-9-12(8-13(16)18-14)15(20)19-10(2)6-5-7-11(19)3/h8-11H,4-7H2,1-3H3,(H,17,18). The summed E-state index contributed by atoms with van der Waals surface area (Å²) < 4.78 is 0. The molecule has 4 nitrogen and oxygen atoms in total. The Bertz CT molecular complexity index is 482. The predicted molar refractivity (Wildman–Crippen MR) is 82.4 cm³/mol. The predicted octanol–water partition coefficient (Wildman–Crippen LogP) is 3.57. The van der Waals surface area contributed by atoms with Crippen LogP contribution < -0.4 is 5.32 Å². The Balaban J connectivity index is 2.27. The van der Waals surface area contributed by atoms with Crippen molar-refractivity contribution < 1.29 is 4.79 Å². The molecule has 1 saturated heterocycles. The average molecular weight is 296 g/mol. The Morgan fingerprint density at radius 3 is 2.65 bits per heavy atom. The van der Waals surface area contributed by atoms with Gasteiger partial charge < -0.3 is 10.2 Å². The molecule has 0 spiro atoms. The van der Waals surface area contributed by atoms with Gasteiger partial charge in [-0.3, -0.25) is 4.79 Å².